The molecule has 0 aliphatic carbocycles. The molecule has 0 saturated carbocycles. The summed E-state index contributed by atoms with van der Waals surface area (Å²) >= 11 is 13.9. The molecule has 24 heavy (non-hydrogen) atoms. The molecule has 0 aliphatic heterocycles. The van der Waals surface area contributed by atoms with Gasteiger partial charge in [-0.2, -0.15) is 5.26 Å². The summed E-state index contributed by atoms with van der Waals surface area (Å²) in [6, 6.07) is 12.4. The van der Waals surface area contributed by atoms with Crippen LogP contribution in [0.25, 0.3) is 0 Å². The highest BCUT2D eigenvalue weighted by molar-refractivity contribution is 7.99. The first-order chi connectivity index (χ1) is 11.6. The second kappa shape index (κ2) is 9.28. The van der Waals surface area contributed by atoms with E-state index in [0.29, 0.717) is 23.1 Å². The maximum atomic E-state index is 12.4. The molecular weight excluding hydrogens is 367 g/mol. The number of amides is 1. The second-order valence-electron chi connectivity index (χ2n) is 4.59. The van der Waals surface area contributed by atoms with Gasteiger partial charge in [-0.15, -0.1) is 11.8 Å². The lowest BCUT2D eigenvalue weighted by Crippen LogP contribution is -2.13. The maximum Gasteiger partial charge on any atom is 0.258 e. The van der Waals surface area contributed by atoms with Crippen molar-refractivity contribution in [1.29, 1.82) is 5.26 Å². The number of halogens is 2. The van der Waals surface area contributed by atoms with Crippen molar-refractivity contribution in [2.24, 2.45) is 0 Å². The highest BCUT2D eigenvalue weighted by Gasteiger charge is 2.16. The average Bonchev–Trinajstić information content (AvgIpc) is 2.55. The Morgan fingerprint density at radius 1 is 1.08 bits per heavy atom. The van der Waals surface area contributed by atoms with E-state index in [1.54, 1.807) is 24.3 Å². The van der Waals surface area contributed by atoms with Gasteiger partial charge in [0, 0.05) is 11.4 Å². The van der Waals surface area contributed by atoms with Crippen molar-refractivity contribution in [1.82, 2.24) is 5.32 Å². The van der Waals surface area contributed by atoms with E-state index in [2.05, 4.69) is 16.0 Å². The van der Waals surface area contributed by atoms with E-state index in [4.69, 9.17) is 28.5 Å². The number of para-hydroxylation sites is 1. The Kier molecular flexibility index (Phi) is 7.07. The molecular formula is C16H14Cl2N4OS. The minimum Gasteiger partial charge on any atom is -0.376 e. The smallest absolute Gasteiger partial charge is 0.258 e. The molecule has 0 unspecified atom stereocenters. The third-order valence-electron chi connectivity index (χ3n) is 2.93. The zero-order valence-corrected chi connectivity index (χ0v) is 14.8. The third-order valence-corrected chi connectivity index (χ3v) is 4.23. The number of nitrogens with one attached hydrogen (secondary N) is 3. The molecule has 0 bridgehead atoms. The van der Waals surface area contributed by atoms with Gasteiger partial charge in [0.2, 0.25) is 0 Å². The topological polar surface area (TPSA) is 77.0 Å². The first-order valence-corrected chi connectivity index (χ1v) is 8.82. The number of thioether (sulfide) groups is 1. The second-order valence-corrected chi connectivity index (χ2v) is 6.39. The fourth-order valence-corrected chi connectivity index (χ4v) is 3.07. The number of hydrogen-bond donors (Lipinski definition) is 3. The minimum absolute atomic E-state index is 0.228. The number of anilines is 2. The van der Waals surface area contributed by atoms with Crippen LogP contribution in [0.3, 0.4) is 0 Å². The molecule has 0 spiro atoms. The highest BCUT2D eigenvalue weighted by atomic mass is 35.5. The molecule has 5 nitrogen and oxygen atoms in total. The summed E-state index contributed by atoms with van der Waals surface area (Å²) in [4.78, 5) is 12.4. The SMILES string of the molecule is N#CNCSCNc1cc(Cl)c(C(=O)Nc2ccccc2)c(Cl)c1. The number of hydrogen-bond acceptors (Lipinski definition) is 5. The van der Waals surface area contributed by atoms with Gasteiger partial charge in [-0.3, -0.25) is 4.79 Å². The van der Waals surface area contributed by atoms with E-state index in [9.17, 15) is 4.79 Å². The van der Waals surface area contributed by atoms with Gasteiger partial charge in [-0.25, -0.2) is 0 Å². The van der Waals surface area contributed by atoms with E-state index in [1.165, 1.54) is 11.8 Å². The number of nitriles is 1. The number of rotatable bonds is 7. The molecule has 124 valence electrons. The molecule has 1 amide bonds. The summed E-state index contributed by atoms with van der Waals surface area (Å²) in [5, 5.41) is 17.3. The summed E-state index contributed by atoms with van der Waals surface area (Å²) < 4.78 is 0. The van der Waals surface area contributed by atoms with E-state index >= 15 is 0 Å². The molecule has 2 aromatic carbocycles. The number of benzene rings is 2. The van der Waals surface area contributed by atoms with Crippen molar-refractivity contribution < 1.29 is 4.79 Å². The highest BCUT2D eigenvalue weighted by Crippen LogP contribution is 2.30. The van der Waals surface area contributed by atoms with Crippen LogP contribution in [-0.2, 0) is 0 Å². The van der Waals surface area contributed by atoms with Crippen molar-refractivity contribution in [3.63, 3.8) is 0 Å². The number of carbonyl (C=O) groups excluding carboxylic acids is 1. The molecule has 0 saturated heterocycles. The Hall–Kier alpha value is -2.07. The van der Waals surface area contributed by atoms with Gasteiger partial charge in [-0.05, 0) is 24.3 Å². The number of carbonyl (C=O) groups is 1. The van der Waals surface area contributed by atoms with Crippen LogP contribution in [0.15, 0.2) is 42.5 Å². The molecule has 0 radical (unpaired) electrons. The Balaban J connectivity index is 2.04. The zero-order chi connectivity index (χ0) is 17.4. The van der Waals surface area contributed by atoms with Crippen molar-refractivity contribution in [2.45, 2.75) is 0 Å². The molecule has 0 aromatic heterocycles. The fourth-order valence-electron chi connectivity index (χ4n) is 1.88. The van der Waals surface area contributed by atoms with Crippen molar-refractivity contribution in [2.75, 3.05) is 22.4 Å². The monoisotopic (exact) mass is 380 g/mol. The van der Waals surface area contributed by atoms with E-state index in [1.807, 2.05) is 24.4 Å². The van der Waals surface area contributed by atoms with Gasteiger partial charge in [-0.1, -0.05) is 41.4 Å². The lowest BCUT2D eigenvalue weighted by atomic mass is 10.1. The van der Waals surface area contributed by atoms with E-state index < -0.39 is 0 Å². The fraction of sp³-hybridized carbons (Fsp3) is 0.125. The third kappa shape index (κ3) is 5.24. The first kappa shape index (κ1) is 18.3. The summed E-state index contributed by atoms with van der Waals surface area (Å²) in [7, 11) is 0. The average molecular weight is 381 g/mol. The van der Waals surface area contributed by atoms with Gasteiger partial charge >= 0.3 is 0 Å². The summed E-state index contributed by atoms with van der Waals surface area (Å²) in [6.45, 7) is 0. The van der Waals surface area contributed by atoms with E-state index in [-0.39, 0.29) is 21.5 Å². The molecule has 0 heterocycles. The minimum atomic E-state index is -0.365. The maximum absolute atomic E-state index is 12.4. The van der Waals surface area contributed by atoms with Crippen LogP contribution >= 0.6 is 35.0 Å². The Morgan fingerprint density at radius 2 is 1.75 bits per heavy atom. The van der Waals surface area contributed by atoms with Crippen molar-refractivity contribution in [3.8, 4) is 6.19 Å². The molecule has 8 heteroatoms. The van der Waals surface area contributed by atoms with Crippen LogP contribution in [0.4, 0.5) is 11.4 Å². The Bertz CT molecular complexity index is 726. The molecule has 2 rings (SSSR count). The first-order valence-electron chi connectivity index (χ1n) is 6.91. The predicted octanol–water partition coefficient (Wildman–Crippen LogP) is 4.38. The summed E-state index contributed by atoms with van der Waals surface area (Å²) in [6.07, 6.45) is 1.84. The predicted molar refractivity (Wildman–Crippen MR) is 101 cm³/mol. The molecule has 0 aliphatic rings. The standard InChI is InChI=1S/C16H14Cl2N4OS/c17-13-6-12(21-10-24-9-20-8-19)7-14(18)15(13)16(23)22-11-4-2-1-3-5-11/h1-7,20-21H,9-10H2,(H,22,23). The van der Waals surface area contributed by atoms with Crippen LogP contribution in [0.5, 0.6) is 0 Å². The lowest BCUT2D eigenvalue weighted by Gasteiger charge is -2.12. The normalized spacial score (nSPS) is 9.88. The van der Waals surface area contributed by atoms with Gasteiger partial charge in [0.05, 0.1) is 27.4 Å². The number of nitrogens with zero attached hydrogens (tertiary/aromatic N) is 1. The van der Waals surface area contributed by atoms with Crippen LogP contribution in [0, 0.1) is 11.5 Å². The van der Waals surface area contributed by atoms with Crippen molar-refractivity contribution >= 4 is 52.2 Å². The van der Waals surface area contributed by atoms with Crippen LogP contribution < -0.4 is 16.0 Å². The molecule has 0 atom stereocenters. The molecule has 3 N–H and O–H groups in total. The van der Waals surface area contributed by atoms with Gasteiger partial charge in [0.1, 0.15) is 0 Å². The molecule has 0 fully saturated rings. The summed E-state index contributed by atoms with van der Waals surface area (Å²) in [5.74, 6) is 0.703. The quantitative estimate of drug-likeness (QED) is 0.287. The van der Waals surface area contributed by atoms with Gasteiger partial charge in [0.25, 0.3) is 5.91 Å². The van der Waals surface area contributed by atoms with Gasteiger partial charge < -0.3 is 16.0 Å². The zero-order valence-electron chi connectivity index (χ0n) is 12.5. The van der Waals surface area contributed by atoms with Crippen LogP contribution in [-0.4, -0.2) is 17.7 Å². The largest absolute Gasteiger partial charge is 0.376 e. The molecule has 2 aromatic rings. The van der Waals surface area contributed by atoms with Crippen molar-refractivity contribution in [3.05, 3.63) is 58.1 Å². The van der Waals surface area contributed by atoms with Gasteiger partial charge in [0.15, 0.2) is 6.19 Å². The summed E-state index contributed by atoms with van der Waals surface area (Å²) in [5.41, 5.74) is 1.59. The van der Waals surface area contributed by atoms with Crippen LogP contribution in [0.2, 0.25) is 10.0 Å². The Labute approximate surface area is 154 Å². The lowest BCUT2D eigenvalue weighted by molar-refractivity contribution is 0.102. The van der Waals surface area contributed by atoms with E-state index in [0.717, 1.165) is 0 Å². The van der Waals surface area contributed by atoms with Crippen LogP contribution in [0.1, 0.15) is 10.4 Å². The Morgan fingerprint density at radius 3 is 2.38 bits per heavy atom.